The van der Waals surface area contributed by atoms with Crippen LogP contribution in [0.25, 0.3) is 0 Å². The van der Waals surface area contributed by atoms with Crippen LogP contribution in [0.3, 0.4) is 0 Å². The summed E-state index contributed by atoms with van der Waals surface area (Å²) in [7, 11) is 0. The van der Waals surface area contributed by atoms with Gasteiger partial charge in [-0.05, 0) is 38.0 Å². The summed E-state index contributed by atoms with van der Waals surface area (Å²) in [5.41, 5.74) is 1.32. The van der Waals surface area contributed by atoms with Gasteiger partial charge in [0.05, 0.1) is 18.2 Å². The zero-order chi connectivity index (χ0) is 19.3. The molecule has 0 spiro atoms. The number of benzene rings is 1. The molecule has 1 aliphatic rings. The molecular formula is C18H23F2N3O3. The van der Waals surface area contributed by atoms with E-state index in [2.05, 4.69) is 16.0 Å². The second kappa shape index (κ2) is 8.75. The van der Waals surface area contributed by atoms with Crippen molar-refractivity contribution in [3.63, 3.8) is 0 Å². The molecule has 0 bridgehead atoms. The lowest BCUT2D eigenvalue weighted by molar-refractivity contribution is -0.139. The zero-order valence-electron chi connectivity index (χ0n) is 15.0. The first kappa shape index (κ1) is 19.8. The van der Waals surface area contributed by atoms with Gasteiger partial charge < -0.3 is 20.7 Å². The number of ether oxygens (including phenoxy) is 1. The Hall–Kier alpha value is -2.48. The Kier molecular flexibility index (Phi) is 6.68. The van der Waals surface area contributed by atoms with Crippen molar-refractivity contribution in [2.75, 3.05) is 13.2 Å². The lowest BCUT2D eigenvalue weighted by Gasteiger charge is -2.29. The molecule has 1 aromatic rings. The molecule has 0 aliphatic carbocycles. The summed E-state index contributed by atoms with van der Waals surface area (Å²) in [6, 6.07) is 2.48. The molecule has 0 unspecified atom stereocenters. The van der Waals surface area contributed by atoms with Crippen LogP contribution in [0.2, 0.25) is 0 Å². The van der Waals surface area contributed by atoms with Gasteiger partial charge >= 0.3 is 12.0 Å². The largest absolute Gasteiger partial charge is 0.463 e. The summed E-state index contributed by atoms with van der Waals surface area (Å²) < 4.78 is 31.6. The average molecular weight is 367 g/mol. The van der Waals surface area contributed by atoms with Crippen LogP contribution in [0, 0.1) is 11.6 Å². The van der Waals surface area contributed by atoms with Crippen LogP contribution >= 0.6 is 0 Å². The number of carbonyl (C=O) groups is 2. The Morgan fingerprint density at radius 3 is 2.65 bits per heavy atom. The van der Waals surface area contributed by atoms with Gasteiger partial charge in [0.1, 0.15) is 0 Å². The van der Waals surface area contributed by atoms with Crippen molar-refractivity contribution in [3.8, 4) is 0 Å². The lowest BCUT2D eigenvalue weighted by atomic mass is 10.00. The van der Waals surface area contributed by atoms with Crippen molar-refractivity contribution in [1.82, 2.24) is 16.0 Å². The summed E-state index contributed by atoms with van der Waals surface area (Å²) in [6.45, 7) is 5.72. The highest BCUT2D eigenvalue weighted by Gasteiger charge is 2.31. The Morgan fingerprint density at radius 2 is 2.04 bits per heavy atom. The molecule has 0 aromatic heterocycles. The number of carbonyl (C=O) groups excluding carboxylic acids is 2. The average Bonchev–Trinajstić information content (AvgIpc) is 2.61. The molecular weight excluding hydrogens is 344 g/mol. The summed E-state index contributed by atoms with van der Waals surface area (Å²) in [5.74, 6) is -2.34. The molecule has 6 nitrogen and oxygen atoms in total. The van der Waals surface area contributed by atoms with Crippen LogP contribution in [0.5, 0.6) is 0 Å². The molecule has 3 N–H and O–H groups in total. The van der Waals surface area contributed by atoms with Gasteiger partial charge in [-0.2, -0.15) is 0 Å². The van der Waals surface area contributed by atoms with Crippen molar-refractivity contribution in [3.05, 3.63) is 46.7 Å². The molecule has 2 amide bonds. The Morgan fingerprint density at radius 1 is 1.31 bits per heavy atom. The van der Waals surface area contributed by atoms with Crippen LogP contribution in [0.15, 0.2) is 29.5 Å². The first-order chi connectivity index (χ1) is 12.4. The minimum absolute atomic E-state index is 0.165. The minimum Gasteiger partial charge on any atom is -0.463 e. The van der Waals surface area contributed by atoms with Crippen LogP contribution in [0.4, 0.5) is 13.6 Å². The predicted molar refractivity (Wildman–Crippen MR) is 92.2 cm³/mol. The lowest BCUT2D eigenvalue weighted by Crippen LogP contribution is -2.52. The molecule has 2 rings (SSSR count). The highest BCUT2D eigenvalue weighted by molar-refractivity contribution is 5.94. The molecule has 0 saturated heterocycles. The van der Waals surface area contributed by atoms with Gasteiger partial charge in [0.25, 0.3) is 0 Å². The maximum absolute atomic E-state index is 13.4. The monoisotopic (exact) mass is 367 g/mol. The fourth-order valence-electron chi connectivity index (χ4n) is 2.76. The maximum Gasteiger partial charge on any atom is 0.337 e. The van der Waals surface area contributed by atoms with Crippen molar-refractivity contribution in [2.24, 2.45) is 0 Å². The van der Waals surface area contributed by atoms with Crippen LogP contribution in [0.1, 0.15) is 38.8 Å². The summed E-state index contributed by atoms with van der Waals surface area (Å²) in [6.07, 6.45) is 0.532. The van der Waals surface area contributed by atoms with Gasteiger partial charge in [-0.15, -0.1) is 0 Å². The van der Waals surface area contributed by atoms with E-state index in [1.807, 2.05) is 6.92 Å². The molecule has 0 saturated carbocycles. The van der Waals surface area contributed by atoms with E-state index in [1.54, 1.807) is 13.8 Å². The van der Waals surface area contributed by atoms with E-state index in [-0.39, 0.29) is 19.2 Å². The fraction of sp³-hybridized carbons (Fsp3) is 0.444. The number of amides is 2. The first-order valence-electron chi connectivity index (χ1n) is 8.53. The number of hydrogen-bond acceptors (Lipinski definition) is 4. The number of nitrogens with one attached hydrogen (secondary N) is 3. The number of urea groups is 1. The van der Waals surface area contributed by atoms with Gasteiger partial charge in [-0.25, -0.2) is 18.4 Å². The van der Waals surface area contributed by atoms with Crippen molar-refractivity contribution >= 4 is 12.0 Å². The first-order valence-corrected chi connectivity index (χ1v) is 8.53. The van der Waals surface area contributed by atoms with E-state index >= 15 is 0 Å². The second-order valence-corrected chi connectivity index (χ2v) is 5.95. The molecule has 1 heterocycles. The molecule has 1 aliphatic heterocycles. The van der Waals surface area contributed by atoms with Gasteiger partial charge in [0.2, 0.25) is 0 Å². The number of halogens is 2. The van der Waals surface area contributed by atoms with E-state index in [1.165, 1.54) is 6.07 Å². The molecule has 2 atom stereocenters. The molecule has 26 heavy (non-hydrogen) atoms. The van der Waals surface area contributed by atoms with Gasteiger partial charge in [-0.1, -0.05) is 13.0 Å². The van der Waals surface area contributed by atoms with Gasteiger partial charge in [-0.3, -0.25) is 0 Å². The van der Waals surface area contributed by atoms with Gasteiger partial charge in [0.15, 0.2) is 11.6 Å². The predicted octanol–water partition coefficient (Wildman–Crippen LogP) is 2.52. The molecule has 1 aromatic carbocycles. The Bertz CT molecular complexity index is 722. The standard InChI is InChI=1S/C18H23F2N3O3/c1-4-14-16(17(24)26-5-2)15(23-18(25)22-14)9-21-10(3)11-6-7-12(19)13(20)8-11/h6-8,10,14,21H,4-5,9H2,1-3H3,(H2,22,23,25)/t10-,14-/m1/s1. The number of rotatable bonds is 7. The minimum atomic E-state index is -0.927. The van der Waals surface area contributed by atoms with Crippen LogP contribution in [-0.2, 0) is 9.53 Å². The van der Waals surface area contributed by atoms with Crippen molar-refractivity contribution in [1.29, 1.82) is 0 Å². The summed E-state index contributed by atoms with van der Waals surface area (Å²) >= 11 is 0. The quantitative estimate of drug-likeness (QED) is 0.647. The summed E-state index contributed by atoms with van der Waals surface area (Å²) in [4.78, 5) is 24.1. The van der Waals surface area contributed by atoms with Crippen LogP contribution in [-0.4, -0.2) is 31.2 Å². The zero-order valence-corrected chi connectivity index (χ0v) is 15.0. The van der Waals surface area contributed by atoms with E-state index < -0.39 is 29.7 Å². The maximum atomic E-state index is 13.4. The van der Waals surface area contributed by atoms with E-state index in [4.69, 9.17) is 4.74 Å². The molecule has 8 heteroatoms. The number of hydrogen-bond donors (Lipinski definition) is 3. The topological polar surface area (TPSA) is 79.5 Å². The van der Waals surface area contributed by atoms with Crippen molar-refractivity contribution < 1.29 is 23.1 Å². The highest BCUT2D eigenvalue weighted by Crippen LogP contribution is 2.19. The normalized spacial score (nSPS) is 18.2. The smallest absolute Gasteiger partial charge is 0.337 e. The Balaban J connectivity index is 2.20. The third kappa shape index (κ3) is 4.57. The van der Waals surface area contributed by atoms with Crippen molar-refractivity contribution in [2.45, 2.75) is 39.3 Å². The van der Waals surface area contributed by atoms with E-state index in [0.29, 0.717) is 23.3 Å². The molecule has 142 valence electrons. The molecule has 0 radical (unpaired) electrons. The summed E-state index contributed by atoms with van der Waals surface area (Å²) in [5, 5.41) is 8.43. The third-order valence-corrected chi connectivity index (χ3v) is 4.18. The van der Waals surface area contributed by atoms with Crippen LogP contribution < -0.4 is 16.0 Å². The van der Waals surface area contributed by atoms with Gasteiger partial charge in [0, 0.05) is 18.3 Å². The van der Waals surface area contributed by atoms with E-state index in [9.17, 15) is 18.4 Å². The third-order valence-electron chi connectivity index (χ3n) is 4.18. The van der Waals surface area contributed by atoms with E-state index in [0.717, 1.165) is 12.1 Å². The highest BCUT2D eigenvalue weighted by atomic mass is 19.2. The molecule has 0 fully saturated rings. The number of esters is 1. The SMILES string of the molecule is CCOC(=O)C1=C(CN[C@H](C)c2ccc(F)c(F)c2)NC(=O)N[C@@H]1CC. The second-order valence-electron chi connectivity index (χ2n) is 5.95. The Labute approximate surface area is 151 Å². The fourth-order valence-corrected chi connectivity index (χ4v) is 2.76.